The number of para-hydroxylation sites is 1. The van der Waals surface area contributed by atoms with Crippen LogP contribution < -0.4 is 5.56 Å². The smallest absolute Gasteiger partial charge is 0.260 e. The third-order valence-electron chi connectivity index (χ3n) is 4.64. The Balaban J connectivity index is 1.99. The molecule has 27 heavy (non-hydrogen) atoms. The topological polar surface area (TPSA) is 50.7 Å². The lowest BCUT2D eigenvalue weighted by molar-refractivity contribution is 0.918. The Labute approximate surface area is 159 Å². The number of benzene rings is 3. The molecule has 1 N–H and O–H groups in total. The van der Waals surface area contributed by atoms with Crippen molar-refractivity contribution in [3.8, 4) is 16.9 Å². The first kappa shape index (κ1) is 15.9. The van der Waals surface area contributed by atoms with E-state index in [-0.39, 0.29) is 5.56 Å². The molecule has 5 aromatic rings. The number of nitrogens with zero attached hydrogens (tertiary/aromatic N) is 2. The average Bonchev–Trinajstić information content (AvgIpc) is 3.10. The maximum Gasteiger partial charge on any atom is 0.260 e. The van der Waals surface area contributed by atoms with Crippen LogP contribution in [0.2, 0.25) is 5.02 Å². The lowest BCUT2D eigenvalue weighted by Gasteiger charge is -2.06. The summed E-state index contributed by atoms with van der Waals surface area (Å²) in [5, 5.41) is 6.94. The number of rotatable bonds is 2. The van der Waals surface area contributed by atoms with Crippen LogP contribution in [0.3, 0.4) is 0 Å². The molecule has 0 amide bonds. The predicted molar refractivity (Wildman–Crippen MR) is 110 cm³/mol. The van der Waals surface area contributed by atoms with E-state index in [1.807, 2.05) is 78.9 Å². The van der Waals surface area contributed by atoms with Crippen LogP contribution in [0.15, 0.2) is 83.7 Å². The van der Waals surface area contributed by atoms with Crippen LogP contribution in [0.4, 0.5) is 0 Å². The lowest BCUT2D eigenvalue weighted by Crippen LogP contribution is -2.07. The van der Waals surface area contributed by atoms with E-state index in [9.17, 15) is 4.79 Å². The van der Waals surface area contributed by atoms with Crippen molar-refractivity contribution in [1.82, 2.24) is 14.8 Å². The molecule has 5 rings (SSSR count). The van der Waals surface area contributed by atoms with Crippen molar-refractivity contribution in [2.24, 2.45) is 0 Å². The summed E-state index contributed by atoms with van der Waals surface area (Å²) in [6.45, 7) is 0. The Morgan fingerprint density at radius 2 is 1.67 bits per heavy atom. The second-order valence-electron chi connectivity index (χ2n) is 6.33. The quantitative estimate of drug-likeness (QED) is 0.464. The molecule has 0 aliphatic carbocycles. The molecule has 0 fully saturated rings. The SMILES string of the molecule is O=c1[nH]c2ccccc2c2c1c(-c1ccccc1)nn2-c1cccc(Cl)c1. The highest BCUT2D eigenvalue weighted by Crippen LogP contribution is 2.32. The maximum absolute atomic E-state index is 13.0. The van der Waals surface area contributed by atoms with Gasteiger partial charge in [-0.25, -0.2) is 4.68 Å². The van der Waals surface area contributed by atoms with Gasteiger partial charge in [0.1, 0.15) is 5.69 Å². The van der Waals surface area contributed by atoms with Gasteiger partial charge in [-0.15, -0.1) is 0 Å². The van der Waals surface area contributed by atoms with Gasteiger partial charge < -0.3 is 4.98 Å². The summed E-state index contributed by atoms with van der Waals surface area (Å²) in [5.74, 6) is 0. The van der Waals surface area contributed by atoms with Crippen LogP contribution in [-0.2, 0) is 0 Å². The number of aromatic amines is 1. The van der Waals surface area contributed by atoms with Gasteiger partial charge >= 0.3 is 0 Å². The van der Waals surface area contributed by atoms with Crippen LogP contribution in [0.5, 0.6) is 0 Å². The molecule has 4 nitrogen and oxygen atoms in total. The lowest BCUT2D eigenvalue weighted by atomic mass is 10.1. The number of hydrogen-bond acceptors (Lipinski definition) is 2. The van der Waals surface area contributed by atoms with Gasteiger partial charge in [-0.05, 0) is 24.3 Å². The molecule has 0 aliphatic heterocycles. The number of aromatic nitrogens is 3. The summed E-state index contributed by atoms with van der Waals surface area (Å²) in [6, 6.07) is 25.0. The standard InChI is InChI=1S/C22H14ClN3O/c23-15-9-6-10-16(13-15)26-21-17-11-4-5-12-18(17)24-22(27)19(21)20(25-26)14-7-2-1-3-8-14/h1-13H,(H,24,27). The molecule has 0 unspecified atom stereocenters. The van der Waals surface area contributed by atoms with Crippen molar-refractivity contribution >= 4 is 33.4 Å². The van der Waals surface area contributed by atoms with Gasteiger partial charge in [0.15, 0.2) is 0 Å². The molecule has 2 heterocycles. The molecule has 2 aromatic heterocycles. The van der Waals surface area contributed by atoms with E-state index in [0.717, 1.165) is 27.7 Å². The van der Waals surface area contributed by atoms with Crippen LogP contribution in [0.1, 0.15) is 0 Å². The van der Waals surface area contributed by atoms with E-state index in [0.29, 0.717) is 16.1 Å². The van der Waals surface area contributed by atoms with Gasteiger partial charge in [0.05, 0.1) is 22.1 Å². The highest BCUT2D eigenvalue weighted by atomic mass is 35.5. The largest absolute Gasteiger partial charge is 0.321 e. The Morgan fingerprint density at radius 1 is 0.889 bits per heavy atom. The Bertz CT molecular complexity index is 1350. The summed E-state index contributed by atoms with van der Waals surface area (Å²) in [6.07, 6.45) is 0. The van der Waals surface area contributed by atoms with E-state index >= 15 is 0 Å². The second kappa shape index (κ2) is 6.11. The average molecular weight is 372 g/mol. The molecule has 0 saturated carbocycles. The summed E-state index contributed by atoms with van der Waals surface area (Å²) in [7, 11) is 0. The minimum absolute atomic E-state index is 0.157. The van der Waals surface area contributed by atoms with E-state index in [2.05, 4.69) is 4.98 Å². The Kier molecular flexibility index (Phi) is 3.59. The molecule has 0 spiro atoms. The third-order valence-corrected chi connectivity index (χ3v) is 4.88. The zero-order chi connectivity index (χ0) is 18.4. The first-order chi connectivity index (χ1) is 13.2. The molecule has 0 saturated heterocycles. The molecule has 0 atom stereocenters. The monoisotopic (exact) mass is 371 g/mol. The number of pyridine rings is 1. The van der Waals surface area contributed by atoms with E-state index in [1.54, 1.807) is 4.68 Å². The highest BCUT2D eigenvalue weighted by Gasteiger charge is 2.19. The van der Waals surface area contributed by atoms with Gasteiger partial charge in [-0.1, -0.05) is 66.2 Å². The second-order valence-corrected chi connectivity index (χ2v) is 6.77. The Morgan fingerprint density at radius 3 is 2.48 bits per heavy atom. The van der Waals surface area contributed by atoms with Crippen LogP contribution in [0.25, 0.3) is 38.8 Å². The summed E-state index contributed by atoms with van der Waals surface area (Å²) in [5.41, 5.74) is 3.75. The number of halogens is 1. The van der Waals surface area contributed by atoms with E-state index in [4.69, 9.17) is 16.7 Å². The molecule has 3 aromatic carbocycles. The van der Waals surface area contributed by atoms with Crippen LogP contribution >= 0.6 is 11.6 Å². The molecule has 130 valence electrons. The molecular weight excluding hydrogens is 358 g/mol. The molecule has 5 heteroatoms. The number of hydrogen-bond donors (Lipinski definition) is 1. The van der Waals surface area contributed by atoms with Crippen molar-refractivity contribution in [2.45, 2.75) is 0 Å². The fourth-order valence-corrected chi connectivity index (χ4v) is 3.64. The highest BCUT2D eigenvalue weighted by molar-refractivity contribution is 6.30. The minimum atomic E-state index is -0.157. The van der Waals surface area contributed by atoms with Crippen LogP contribution in [-0.4, -0.2) is 14.8 Å². The Hall–Kier alpha value is -3.37. The first-order valence-electron chi connectivity index (χ1n) is 8.57. The molecule has 0 aliphatic rings. The number of nitrogens with one attached hydrogen (secondary N) is 1. The van der Waals surface area contributed by atoms with Crippen molar-refractivity contribution in [3.05, 3.63) is 94.2 Å². The van der Waals surface area contributed by atoms with Gasteiger partial charge in [-0.3, -0.25) is 4.79 Å². The van der Waals surface area contributed by atoms with Gasteiger partial charge in [0, 0.05) is 16.0 Å². The van der Waals surface area contributed by atoms with Crippen molar-refractivity contribution in [1.29, 1.82) is 0 Å². The molecule has 0 radical (unpaired) electrons. The summed E-state index contributed by atoms with van der Waals surface area (Å²) >= 11 is 6.21. The fraction of sp³-hybridized carbons (Fsp3) is 0. The maximum atomic E-state index is 13.0. The van der Waals surface area contributed by atoms with Crippen molar-refractivity contribution in [2.75, 3.05) is 0 Å². The summed E-state index contributed by atoms with van der Waals surface area (Å²) in [4.78, 5) is 15.9. The first-order valence-corrected chi connectivity index (χ1v) is 8.95. The van der Waals surface area contributed by atoms with Gasteiger partial charge in [-0.2, -0.15) is 5.10 Å². The van der Waals surface area contributed by atoms with E-state index < -0.39 is 0 Å². The van der Waals surface area contributed by atoms with Gasteiger partial charge in [0.25, 0.3) is 5.56 Å². The molecule has 0 bridgehead atoms. The third kappa shape index (κ3) is 2.54. The van der Waals surface area contributed by atoms with Crippen molar-refractivity contribution in [3.63, 3.8) is 0 Å². The number of H-pyrrole nitrogens is 1. The van der Waals surface area contributed by atoms with E-state index in [1.165, 1.54) is 0 Å². The molecular formula is C22H14ClN3O. The normalized spacial score (nSPS) is 11.3. The van der Waals surface area contributed by atoms with Gasteiger partial charge in [0.2, 0.25) is 0 Å². The number of fused-ring (bicyclic) bond motifs is 3. The summed E-state index contributed by atoms with van der Waals surface area (Å²) < 4.78 is 1.81. The fourth-order valence-electron chi connectivity index (χ4n) is 3.46. The van der Waals surface area contributed by atoms with Crippen LogP contribution in [0, 0.1) is 0 Å². The minimum Gasteiger partial charge on any atom is -0.321 e. The predicted octanol–water partition coefficient (Wildman–Crippen LogP) is 5.19. The zero-order valence-corrected chi connectivity index (χ0v) is 14.9. The van der Waals surface area contributed by atoms with Crippen molar-refractivity contribution < 1.29 is 0 Å². The zero-order valence-electron chi connectivity index (χ0n) is 14.2.